The molecule has 0 radical (unpaired) electrons. The first-order valence-electron chi connectivity index (χ1n) is 5.14. The number of ether oxygens (including phenoxy) is 1. The molecule has 0 saturated heterocycles. The predicted molar refractivity (Wildman–Crippen MR) is 61.2 cm³/mol. The number of carbonyl (C=O) groups excluding carboxylic acids is 1. The molecule has 1 rings (SSSR count). The highest BCUT2D eigenvalue weighted by Gasteiger charge is 2.13. The molecule has 2 N–H and O–H groups in total. The van der Waals surface area contributed by atoms with Crippen molar-refractivity contribution >= 4 is 5.91 Å². The molecule has 88 valence electrons. The van der Waals surface area contributed by atoms with Gasteiger partial charge in [0.05, 0.1) is 5.60 Å². The van der Waals surface area contributed by atoms with Crippen LogP contribution in [0.2, 0.25) is 0 Å². The molecule has 0 spiro atoms. The Morgan fingerprint density at radius 1 is 1.38 bits per heavy atom. The summed E-state index contributed by atoms with van der Waals surface area (Å²) in [7, 11) is 0. The Balaban J connectivity index is 2.26. The summed E-state index contributed by atoms with van der Waals surface area (Å²) >= 11 is 0. The first kappa shape index (κ1) is 12.5. The second-order valence-corrected chi connectivity index (χ2v) is 4.19. The molecule has 0 unspecified atom stereocenters. The summed E-state index contributed by atoms with van der Waals surface area (Å²) in [5.41, 5.74) is -0.900. The summed E-state index contributed by atoms with van der Waals surface area (Å²) in [4.78, 5) is 11.3. The molecular weight excluding hydrogens is 206 g/mol. The Labute approximate surface area is 95.2 Å². The SMILES string of the molecule is CC(C)(O)CNC(=O)COc1ccccc1. The highest BCUT2D eigenvalue weighted by atomic mass is 16.5. The zero-order valence-corrected chi connectivity index (χ0v) is 9.56. The van der Waals surface area contributed by atoms with Crippen LogP contribution in [0.3, 0.4) is 0 Å². The first-order chi connectivity index (χ1) is 7.47. The average molecular weight is 223 g/mol. The van der Waals surface area contributed by atoms with E-state index in [9.17, 15) is 9.90 Å². The van der Waals surface area contributed by atoms with Crippen LogP contribution in [-0.4, -0.2) is 29.8 Å². The fraction of sp³-hybridized carbons (Fsp3) is 0.417. The van der Waals surface area contributed by atoms with E-state index in [-0.39, 0.29) is 19.1 Å². The number of rotatable bonds is 5. The molecule has 0 saturated carbocycles. The van der Waals surface area contributed by atoms with E-state index in [0.29, 0.717) is 5.75 Å². The Morgan fingerprint density at radius 3 is 2.56 bits per heavy atom. The van der Waals surface area contributed by atoms with Crippen LogP contribution >= 0.6 is 0 Å². The first-order valence-corrected chi connectivity index (χ1v) is 5.14. The number of hydrogen-bond acceptors (Lipinski definition) is 3. The van der Waals surface area contributed by atoms with Crippen LogP contribution in [0.1, 0.15) is 13.8 Å². The van der Waals surface area contributed by atoms with E-state index in [2.05, 4.69) is 5.32 Å². The van der Waals surface area contributed by atoms with Gasteiger partial charge in [-0.25, -0.2) is 0 Å². The number of hydrogen-bond donors (Lipinski definition) is 2. The molecule has 16 heavy (non-hydrogen) atoms. The van der Waals surface area contributed by atoms with E-state index in [4.69, 9.17) is 4.74 Å². The van der Waals surface area contributed by atoms with E-state index >= 15 is 0 Å². The van der Waals surface area contributed by atoms with Crippen molar-refractivity contribution in [1.82, 2.24) is 5.32 Å². The summed E-state index contributed by atoms with van der Waals surface area (Å²) in [6, 6.07) is 9.11. The average Bonchev–Trinajstić information content (AvgIpc) is 2.24. The van der Waals surface area contributed by atoms with Crippen molar-refractivity contribution in [1.29, 1.82) is 0 Å². The molecule has 0 bridgehead atoms. The molecule has 4 heteroatoms. The minimum atomic E-state index is -0.900. The van der Waals surface area contributed by atoms with Crippen LogP contribution in [0, 0.1) is 0 Å². The lowest BCUT2D eigenvalue weighted by Gasteiger charge is -2.17. The van der Waals surface area contributed by atoms with E-state index in [1.54, 1.807) is 26.0 Å². The van der Waals surface area contributed by atoms with Gasteiger partial charge in [0.2, 0.25) is 0 Å². The van der Waals surface area contributed by atoms with E-state index in [1.165, 1.54) is 0 Å². The predicted octanol–water partition coefficient (Wildman–Crippen LogP) is 0.952. The third-order valence-electron chi connectivity index (χ3n) is 1.83. The van der Waals surface area contributed by atoms with E-state index < -0.39 is 5.60 Å². The van der Waals surface area contributed by atoms with Crippen molar-refractivity contribution in [3.05, 3.63) is 30.3 Å². The van der Waals surface area contributed by atoms with Gasteiger partial charge in [-0.1, -0.05) is 18.2 Å². The van der Waals surface area contributed by atoms with Gasteiger partial charge in [0.1, 0.15) is 5.75 Å². The van der Waals surface area contributed by atoms with Gasteiger partial charge in [0.15, 0.2) is 6.61 Å². The zero-order chi connectivity index (χ0) is 12.0. The van der Waals surface area contributed by atoms with E-state index in [0.717, 1.165) is 0 Å². The highest BCUT2D eigenvalue weighted by molar-refractivity contribution is 5.77. The number of carbonyl (C=O) groups is 1. The van der Waals surface area contributed by atoms with Crippen molar-refractivity contribution in [3.8, 4) is 5.75 Å². The maximum absolute atomic E-state index is 11.3. The highest BCUT2D eigenvalue weighted by Crippen LogP contribution is 2.07. The number of para-hydroxylation sites is 1. The van der Waals surface area contributed by atoms with Gasteiger partial charge in [-0.05, 0) is 26.0 Å². The summed E-state index contributed by atoms with van der Waals surface area (Å²) in [5.74, 6) is 0.409. The molecule has 0 aromatic heterocycles. The number of nitrogens with one attached hydrogen (secondary N) is 1. The number of benzene rings is 1. The lowest BCUT2D eigenvalue weighted by Crippen LogP contribution is -2.40. The molecule has 0 fully saturated rings. The lowest BCUT2D eigenvalue weighted by atomic mass is 10.1. The third kappa shape index (κ3) is 5.36. The van der Waals surface area contributed by atoms with E-state index in [1.807, 2.05) is 18.2 Å². The quantitative estimate of drug-likeness (QED) is 0.781. The van der Waals surface area contributed by atoms with Crippen LogP contribution in [0.5, 0.6) is 5.75 Å². The summed E-state index contributed by atoms with van der Waals surface area (Å²) in [5, 5.41) is 12.0. The van der Waals surface area contributed by atoms with Gasteiger partial charge < -0.3 is 15.2 Å². The fourth-order valence-corrected chi connectivity index (χ4v) is 1.03. The van der Waals surface area contributed by atoms with Crippen LogP contribution in [0.4, 0.5) is 0 Å². The van der Waals surface area contributed by atoms with Crippen molar-refractivity contribution < 1.29 is 14.6 Å². The van der Waals surface area contributed by atoms with Gasteiger partial charge in [0.25, 0.3) is 5.91 Å². The smallest absolute Gasteiger partial charge is 0.258 e. The second kappa shape index (κ2) is 5.51. The molecular formula is C12H17NO3. The Bertz CT molecular complexity index is 330. The van der Waals surface area contributed by atoms with Crippen molar-refractivity contribution in [2.24, 2.45) is 0 Å². The minimum absolute atomic E-state index is 0.0416. The Hall–Kier alpha value is -1.55. The molecule has 1 amide bonds. The number of aliphatic hydroxyl groups is 1. The Morgan fingerprint density at radius 2 is 2.00 bits per heavy atom. The second-order valence-electron chi connectivity index (χ2n) is 4.19. The molecule has 0 aliphatic heterocycles. The standard InChI is InChI=1S/C12H17NO3/c1-12(2,15)9-13-11(14)8-16-10-6-4-3-5-7-10/h3-7,15H,8-9H2,1-2H3,(H,13,14). The maximum atomic E-state index is 11.3. The van der Waals surface area contributed by atoms with Crippen LogP contribution in [0.25, 0.3) is 0 Å². The summed E-state index contributed by atoms with van der Waals surface area (Å²) in [6.45, 7) is 3.43. The van der Waals surface area contributed by atoms with Gasteiger partial charge in [-0.3, -0.25) is 4.79 Å². The summed E-state index contributed by atoms with van der Waals surface area (Å²) < 4.78 is 5.24. The molecule has 0 atom stereocenters. The normalized spacial score (nSPS) is 10.9. The largest absolute Gasteiger partial charge is 0.484 e. The van der Waals surface area contributed by atoms with Gasteiger partial charge in [-0.2, -0.15) is 0 Å². The minimum Gasteiger partial charge on any atom is -0.484 e. The van der Waals surface area contributed by atoms with Crippen LogP contribution in [0.15, 0.2) is 30.3 Å². The Kier molecular flexibility index (Phi) is 4.31. The third-order valence-corrected chi connectivity index (χ3v) is 1.83. The summed E-state index contributed by atoms with van der Waals surface area (Å²) in [6.07, 6.45) is 0. The molecule has 1 aromatic carbocycles. The van der Waals surface area contributed by atoms with Crippen molar-refractivity contribution in [2.45, 2.75) is 19.4 Å². The molecule has 1 aromatic rings. The van der Waals surface area contributed by atoms with Crippen molar-refractivity contribution in [2.75, 3.05) is 13.2 Å². The van der Waals surface area contributed by atoms with Crippen molar-refractivity contribution in [3.63, 3.8) is 0 Å². The van der Waals surface area contributed by atoms with Gasteiger partial charge >= 0.3 is 0 Å². The number of amides is 1. The van der Waals surface area contributed by atoms with Gasteiger partial charge in [0, 0.05) is 6.54 Å². The zero-order valence-electron chi connectivity index (χ0n) is 9.56. The molecule has 0 heterocycles. The molecule has 0 aliphatic rings. The maximum Gasteiger partial charge on any atom is 0.258 e. The van der Waals surface area contributed by atoms with Crippen LogP contribution < -0.4 is 10.1 Å². The molecule has 0 aliphatic carbocycles. The topological polar surface area (TPSA) is 58.6 Å². The molecule has 4 nitrogen and oxygen atoms in total. The monoisotopic (exact) mass is 223 g/mol. The fourth-order valence-electron chi connectivity index (χ4n) is 1.03. The lowest BCUT2D eigenvalue weighted by molar-refractivity contribution is -0.124. The van der Waals surface area contributed by atoms with Crippen LogP contribution in [-0.2, 0) is 4.79 Å². The van der Waals surface area contributed by atoms with Gasteiger partial charge in [-0.15, -0.1) is 0 Å².